The Labute approximate surface area is 113 Å². The van der Waals surface area contributed by atoms with E-state index in [1.165, 1.54) is 6.20 Å². The molecule has 1 rings (SSSR count). The van der Waals surface area contributed by atoms with Crippen LogP contribution < -0.4 is 16.6 Å². The summed E-state index contributed by atoms with van der Waals surface area (Å²) in [6.45, 7) is 2.48. The lowest BCUT2D eigenvalue weighted by Crippen LogP contribution is -2.28. The molecule has 0 saturated carbocycles. The summed E-state index contributed by atoms with van der Waals surface area (Å²) in [5, 5.41) is 2.76. The first kappa shape index (κ1) is 15.4. The van der Waals surface area contributed by atoms with Crippen LogP contribution in [0.15, 0.2) is 18.3 Å². The zero-order chi connectivity index (χ0) is 14.1. The first-order valence-corrected chi connectivity index (χ1v) is 6.07. The fourth-order valence-electron chi connectivity index (χ4n) is 1.34. The predicted molar refractivity (Wildman–Crippen MR) is 73.8 cm³/mol. The lowest BCUT2D eigenvalue weighted by atomic mass is 10.2. The van der Waals surface area contributed by atoms with Gasteiger partial charge in [0.2, 0.25) is 0 Å². The first-order valence-electron chi connectivity index (χ1n) is 6.07. The third-order valence-electron chi connectivity index (χ3n) is 2.38. The number of hydrogen-bond donors (Lipinski definition) is 3. The van der Waals surface area contributed by atoms with Gasteiger partial charge >= 0.3 is 0 Å². The molecule has 0 atom stereocenters. The van der Waals surface area contributed by atoms with E-state index in [9.17, 15) is 4.79 Å². The van der Waals surface area contributed by atoms with Crippen molar-refractivity contribution in [1.29, 1.82) is 0 Å². The Hall–Kier alpha value is -1.70. The Morgan fingerprint density at radius 2 is 2.26 bits per heavy atom. The molecule has 106 valence electrons. The predicted octanol–water partition coefficient (Wildman–Crippen LogP) is -0.325. The number of hydrogen-bond acceptors (Lipinski definition) is 6. The van der Waals surface area contributed by atoms with Crippen molar-refractivity contribution in [2.45, 2.75) is 0 Å². The van der Waals surface area contributed by atoms with Crippen molar-refractivity contribution in [3.05, 3.63) is 23.9 Å². The summed E-state index contributed by atoms with van der Waals surface area (Å²) < 4.78 is 5.37. The van der Waals surface area contributed by atoms with Crippen LogP contribution in [0.4, 0.5) is 5.82 Å². The summed E-state index contributed by atoms with van der Waals surface area (Å²) in [5.41, 5.74) is 2.91. The Bertz CT molecular complexity index is 397. The number of carbonyl (C=O) groups excluding carboxylic acids is 1. The van der Waals surface area contributed by atoms with Gasteiger partial charge in [-0.15, -0.1) is 0 Å². The quantitative estimate of drug-likeness (QED) is 0.339. The van der Waals surface area contributed by atoms with Crippen LogP contribution in [0.25, 0.3) is 0 Å². The summed E-state index contributed by atoms with van der Waals surface area (Å²) in [5.74, 6) is 5.51. The number of rotatable bonds is 8. The third-order valence-corrected chi connectivity index (χ3v) is 2.38. The van der Waals surface area contributed by atoms with Gasteiger partial charge in [0, 0.05) is 24.8 Å². The highest BCUT2D eigenvalue weighted by atomic mass is 16.5. The fraction of sp³-hybridized carbons (Fsp3) is 0.500. The number of anilines is 1. The largest absolute Gasteiger partial charge is 0.378 e. The second-order valence-electron chi connectivity index (χ2n) is 4.25. The van der Waals surface area contributed by atoms with Gasteiger partial charge in [0.15, 0.2) is 0 Å². The lowest BCUT2D eigenvalue weighted by molar-refractivity contribution is 0.0900. The Balaban J connectivity index is 2.23. The van der Waals surface area contributed by atoms with Crippen LogP contribution in [0.3, 0.4) is 0 Å². The number of carbonyl (C=O) groups is 1. The molecule has 1 aromatic rings. The number of aromatic nitrogens is 1. The molecule has 1 amide bonds. The standard InChI is InChI=1S/C12H21N5O2/c1-17(2)6-8-19-7-5-15-12(18)10-3-4-14-11(9-10)16-13/h3-4,9H,5-8,13H2,1-2H3,(H,14,16)(H,15,18). The van der Waals surface area contributed by atoms with Gasteiger partial charge < -0.3 is 20.4 Å². The molecule has 0 fully saturated rings. The molecule has 0 aliphatic rings. The minimum absolute atomic E-state index is 0.171. The molecule has 0 aliphatic heterocycles. The second-order valence-corrected chi connectivity index (χ2v) is 4.25. The molecule has 0 aliphatic carbocycles. The van der Waals surface area contributed by atoms with Gasteiger partial charge in [-0.1, -0.05) is 0 Å². The van der Waals surface area contributed by atoms with Crippen LogP contribution in [0, 0.1) is 0 Å². The second kappa shape index (κ2) is 8.41. The van der Waals surface area contributed by atoms with E-state index in [0.29, 0.717) is 31.1 Å². The molecule has 0 spiro atoms. The molecule has 1 heterocycles. The van der Waals surface area contributed by atoms with E-state index in [4.69, 9.17) is 10.6 Å². The van der Waals surface area contributed by atoms with Crippen LogP contribution in [-0.4, -0.2) is 56.2 Å². The topological polar surface area (TPSA) is 92.5 Å². The SMILES string of the molecule is CN(C)CCOCCNC(=O)c1ccnc(NN)c1. The van der Waals surface area contributed by atoms with Crippen molar-refractivity contribution in [3.8, 4) is 0 Å². The first-order chi connectivity index (χ1) is 9.13. The average molecular weight is 267 g/mol. The van der Waals surface area contributed by atoms with Crippen LogP contribution in [0.1, 0.15) is 10.4 Å². The van der Waals surface area contributed by atoms with Crippen LogP contribution in [-0.2, 0) is 4.74 Å². The Morgan fingerprint density at radius 3 is 2.95 bits per heavy atom. The van der Waals surface area contributed by atoms with E-state index in [-0.39, 0.29) is 5.91 Å². The van der Waals surface area contributed by atoms with Crippen molar-refractivity contribution in [2.24, 2.45) is 5.84 Å². The van der Waals surface area contributed by atoms with Gasteiger partial charge in [-0.3, -0.25) is 4.79 Å². The molecule has 7 heteroatoms. The van der Waals surface area contributed by atoms with Crippen molar-refractivity contribution < 1.29 is 9.53 Å². The Kier molecular flexibility index (Phi) is 6.80. The van der Waals surface area contributed by atoms with Gasteiger partial charge in [0.1, 0.15) is 5.82 Å². The van der Waals surface area contributed by atoms with Crippen molar-refractivity contribution in [3.63, 3.8) is 0 Å². The number of likely N-dealkylation sites (N-methyl/N-ethyl adjacent to an activating group) is 1. The van der Waals surface area contributed by atoms with Gasteiger partial charge in [-0.2, -0.15) is 0 Å². The number of nitrogens with two attached hydrogens (primary N) is 1. The maximum atomic E-state index is 11.8. The van der Waals surface area contributed by atoms with Gasteiger partial charge in [0.25, 0.3) is 5.91 Å². The fourth-order valence-corrected chi connectivity index (χ4v) is 1.34. The van der Waals surface area contributed by atoms with Crippen LogP contribution in [0.5, 0.6) is 0 Å². The molecule has 1 aromatic heterocycles. The highest BCUT2D eigenvalue weighted by molar-refractivity contribution is 5.94. The van der Waals surface area contributed by atoms with Gasteiger partial charge in [0.05, 0.1) is 13.2 Å². The van der Waals surface area contributed by atoms with E-state index in [2.05, 4.69) is 15.7 Å². The number of nitrogens with one attached hydrogen (secondary N) is 2. The van der Waals surface area contributed by atoms with Crippen molar-refractivity contribution in [2.75, 3.05) is 45.8 Å². The highest BCUT2D eigenvalue weighted by Gasteiger charge is 2.05. The summed E-state index contributed by atoms with van der Waals surface area (Å²) >= 11 is 0. The maximum absolute atomic E-state index is 11.8. The molecule has 0 bridgehead atoms. The van der Waals surface area contributed by atoms with Crippen molar-refractivity contribution >= 4 is 11.7 Å². The monoisotopic (exact) mass is 267 g/mol. The molecule has 0 unspecified atom stereocenters. The number of ether oxygens (including phenoxy) is 1. The maximum Gasteiger partial charge on any atom is 0.251 e. The highest BCUT2D eigenvalue weighted by Crippen LogP contribution is 2.04. The molecule has 4 N–H and O–H groups in total. The zero-order valence-corrected chi connectivity index (χ0v) is 11.3. The Morgan fingerprint density at radius 1 is 1.47 bits per heavy atom. The van der Waals surface area contributed by atoms with Gasteiger partial charge in [-0.25, -0.2) is 10.8 Å². The van der Waals surface area contributed by atoms with E-state index in [1.807, 2.05) is 19.0 Å². The number of nitrogen functional groups attached to an aromatic ring is 1. The van der Waals surface area contributed by atoms with E-state index < -0.39 is 0 Å². The van der Waals surface area contributed by atoms with Crippen molar-refractivity contribution in [1.82, 2.24) is 15.2 Å². The number of nitrogens with zero attached hydrogens (tertiary/aromatic N) is 2. The van der Waals surface area contributed by atoms with E-state index >= 15 is 0 Å². The van der Waals surface area contributed by atoms with Gasteiger partial charge in [-0.05, 0) is 26.2 Å². The minimum atomic E-state index is -0.171. The molecular formula is C12H21N5O2. The molecule has 19 heavy (non-hydrogen) atoms. The lowest BCUT2D eigenvalue weighted by Gasteiger charge is -2.10. The van der Waals surface area contributed by atoms with E-state index in [0.717, 1.165) is 6.54 Å². The smallest absolute Gasteiger partial charge is 0.251 e. The number of pyridine rings is 1. The normalized spacial score (nSPS) is 10.5. The molecule has 0 saturated heterocycles. The summed E-state index contributed by atoms with van der Waals surface area (Å²) in [4.78, 5) is 17.8. The third kappa shape index (κ3) is 6.14. The minimum Gasteiger partial charge on any atom is -0.378 e. The summed E-state index contributed by atoms with van der Waals surface area (Å²) in [6.07, 6.45) is 1.53. The van der Waals surface area contributed by atoms with E-state index in [1.54, 1.807) is 12.1 Å². The molecular weight excluding hydrogens is 246 g/mol. The molecule has 7 nitrogen and oxygen atoms in total. The van der Waals surface area contributed by atoms with Crippen LogP contribution in [0.2, 0.25) is 0 Å². The van der Waals surface area contributed by atoms with Crippen LogP contribution >= 0.6 is 0 Å². The number of amides is 1. The number of hydrazine groups is 1. The average Bonchev–Trinajstić information content (AvgIpc) is 2.42. The molecule has 0 aromatic carbocycles. The molecule has 0 radical (unpaired) electrons. The summed E-state index contributed by atoms with van der Waals surface area (Å²) in [7, 11) is 3.97. The summed E-state index contributed by atoms with van der Waals surface area (Å²) in [6, 6.07) is 3.21. The zero-order valence-electron chi connectivity index (χ0n) is 11.3.